The molecule has 5 heteroatoms. The molecule has 0 spiro atoms. The molecular formula is C20H22N4O. The second-order valence-corrected chi connectivity index (χ2v) is 6.38. The topological polar surface area (TPSA) is 55.1 Å². The fraction of sp³-hybridized carbons (Fsp3) is 0.350. The molecule has 0 N–H and O–H groups in total. The second kappa shape index (κ2) is 7.15. The van der Waals surface area contributed by atoms with Crippen LogP contribution >= 0.6 is 0 Å². The number of pyridine rings is 1. The normalized spacial score (nSPS) is 14.9. The maximum Gasteiger partial charge on any atom is 0.118 e. The fourth-order valence-corrected chi connectivity index (χ4v) is 3.41. The highest BCUT2D eigenvalue weighted by Gasteiger charge is 2.20. The lowest BCUT2D eigenvalue weighted by molar-refractivity contribution is 0.252. The predicted octanol–water partition coefficient (Wildman–Crippen LogP) is 3.29. The summed E-state index contributed by atoms with van der Waals surface area (Å²) >= 11 is 0. The molecule has 0 saturated heterocycles. The SMILES string of the molecule is CCc1ccc(CN2CCc3ncnc(-c4ccncc4)c3CC2)o1. The van der Waals surface area contributed by atoms with E-state index in [1.54, 1.807) is 6.33 Å². The fourth-order valence-electron chi connectivity index (χ4n) is 3.41. The number of hydrogen-bond acceptors (Lipinski definition) is 5. The van der Waals surface area contributed by atoms with Crippen molar-refractivity contribution < 1.29 is 4.42 Å². The summed E-state index contributed by atoms with van der Waals surface area (Å²) in [6.07, 6.45) is 8.15. The Morgan fingerprint density at radius 3 is 2.60 bits per heavy atom. The van der Waals surface area contributed by atoms with Crippen LogP contribution in [0.3, 0.4) is 0 Å². The minimum atomic E-state index is 0.853. The Balaban J connectivity index is 1.54. The first-order valence-corrected chi connectivity index (χ1v) is 8.86. The molecule has 128 valence electrons. The summed E-state index contributed by atoms with van der Waals surface area (Å²) in [5, 5.41) is 0. The first kappa shape index (κ1) is 16.0. The van der Waals surface area contributed by atoms with Crippen LogP contribution in [-0.4, -0.2) is 32.9 Å². The molecule has 1 aliphatic heterocycles. The molecule has 0 aliphatic carbocycles. The van der Waals surface area contributed by atoms with E-state index in [2.05, 4.69) is 38.9 Å². The zero-order chi connectivity index (χ0) is 17.1. The van der Waals surface area contributed by atoms with Crippen LogP contribution in [0.5, 0.6) is 0 Å². The van der Waals surface area contributed by atoms with Gasteiger partial charge in [-0.05, 0) is 30.7 Å². The third kappa shape index (κ3) is 3.46. The van der Waals surface area contributed by atoms with Crippen LogP contribution in [0.15, 0.2) is 47.4 Å². The van der Waals surface area contributed by atoms with Gasteiger partial charge >= 0.3 is 0 Å². The summed E-state index contributed by atoms with van der Waals surface area (Å²) in [5.74, 6) is 2.10. The van der Waals surface area contributed by atoms with Crippen molar-refractivity contribution in [2.24, 2.45) is 0 Å². The van der Waals surface area contributed by atoms with E-state index >= 15 is 0 Å². The van der Waals surface area contributed by atoms with Crippen LogP contribution in [0, 0.1) is 0 Å². The number of furan rings is 1. The van der Waals surface area contributed by atoms with Gasteiger partial charge in [0, 0.05) is 55.1 Å². The standard InChI is InChI=1S/C20H22N4O/c1-2-16-3-4-17(25-16)13-24-11-7-18-19(8-12-24)22-14-23-20(18)15-5-9-21-10-6-15/h3-6,9-10,14H,2,7-8,11-13H2,1H3. The van der Waals surface area contributed by atoms with Crippen LogP contribution in [0.1, 0.15) is 29.7 Å². The van der Waals surface area contributed by atoms with Gasteiger partial charge in [0.15, 0.2) is 0 Å². The van der Waals surface area contributed by atoms with Gasteiger partial charge in [-0.1, -0.05) is 6.92 Å². The highest BCUT2D eigenvalue weighted by atomic mass is 16.3. The van der Waals surface area contributed by atoms with Gasteiger partial charge in [0.1, 0.15) is 17.8 Å². The Morgan fingerprint density at radius 1 is 1.00 bits per heavy atom. The number of fused-ring (bicyclic) bond motifs is 1. The maximum absolute atomic E-state index is 5.87. The number of aromatic nitrogens is 3. The van der Waals surface area contributed by atoms with Gasteiger partial charge < -0.3 is 4.42 Å². The summed E-state index contributed by atoms with van der Waals surface area (Å²) < 4.78 is 5.87. The van der Waals surface area contributed by atoms with Crippen molar-refractivity contribution in [3.05, 3.63) is 65.8 Å². The molecule has 0 bridgehead atoms. The molecule has 1 aliphatic rings. The van der Waals surface area contributed by atoms with Gasteiger partial charge in [-0.2, -0.15) is 0 Å². The molecule has 0 fully saturated rings. The molecule has 5 nitrogen and oxygen atoms in total. The molecule has 0 aromatic carbocycles. The lowest BCUT2D eigenvalue weighted by Crippen LogP contribution is -2.25. The molecule has 3 aromatic heterocycles. The van der Waals surface area contributed by atoms with Crippen LogP contribution in [-0.2, 0) is 25.8 Å². The van der Waals surface area contributed by atoms with Gasteiger partial charge in [-0.25, -0.2) is 9.97 Å². The number of nitrogens with zero attached hydrogens (tertiary/aromatic N) is 4. The minimum Gasteiger partial charge on any atom is -0.465 e. The summed E-state index contributed by atoms with van der Waals surface area (Å²) in [7, 11) is 0. The first-order valence-electron chi connectivity index (χ1n) is 8.86. The molecule has 0 unspecified atom stereocenters. The molecule has 0 radical (unpaired) electrons. The molecule has 4 heterocycles. The van der Waals surface area contributed by atoms with Gasteiger partial charge in [0.05, 0.1) is 12.2 Å². The van der Waals surface area contributed by atoms with E-state index in [1.165, 1.54) is 5.56 Å². The monoisotopic (exact) mass is 334 g/mol. The Morgan fingerprint density at radius 2 is 1.80 bits per heavy atom. The Kier molecular flexibility index (Phi) is 4.57. The van der Waals surface area contributed by atoms with Crippen LogP contribution in [0.25, 0.3) is 11.3 Å². The van der Waals surface area contributed by atoms with Gasteiger partial charge in [0.25, 0.3) is 0 Å². The van der Waals surface area contributed by atoms with Gasteiger partial charge in [0.2, 0.25) is 0 Å². The summed E-state index contributed by atoms with van der Waals surface area (Å²) in [6.45, 7) is 4.94. The Labute approximate surface area is 147 Å². The molecule has 4 rings (SSSR count). The zero-order valence-electron chi connectivity index (χ0n) is 14.5. The molecule has 0 amide bonds. The van der Waals surface area contributed by atoms with Crippen molar-refractivity contribution in [1.29, 1.82) is 0 Å². The number of rotatable bonds is 4. The maximum atomic E-state index is 5.87. The molecule has 25 heavy (non-hydrogen) atoms. The van der Waals surface area contributed by atoms with Crippen molar-refractivity contribution in [2.45, 2.75) is 32.7 Å². The van der Waals surface area contributed by atoms with E-state index in [9.17, 15) is 0 Å². The minimum absolute atomic E-state index is 0.853. The first-order chi connectivity index (χ1) is 12.3. The second-order valence-electron chi connectivity index (χ2n) is 6.38. The highest BCUT2D eigenvalue weighted by Crippen LogP contribution is 2.25. The summed E-state index contributed by atoms with van der Waals surface area (Å²) in [5.41, 5.74) is 4.59. The molecule has 0 atom stereocenters. The quantitative estimate of drug-likeness (QED) is 0.733. The van der Waals surface area contributed by atoms with Crippen molar-refractivity contribution in [1.82, 2.24) is 19.9 Å². The lowest BCUT2D eigenvalue weighted by atomic mass is 10.0. The van der Waals surface area contributed by atoms with Crippen molar-refractivity contribution in [3.63, 3.8) is 0 Å². The molecular weight excluding hydrogens is 312 g/mol. The average molecular weight is 334 g/mol. The Bertz CT molecular complexity index is 844. The van der Waals surface area contributed by atoms with Crippen LogP contribution < -0.4 is 0 Å². The third-order valence-corrected chi connectivity index (χ3v) is 4.78. The van der Waals surface area contributed by atoms with E-state index in [1.807, 2.05) is 24.5 Å². The van der Waals surface area contributed by atoms with Crippen molar-refractivity contribution in [3.8, 4) is 11.3 Å². The number of hydrogen-bond donors (Lipinski definition) is 0. The van der Waals surface area contributed by atoms with Crippen molar-refractivity contribution >= 4 is 0 Å². The van der Waals surface area contributed by atoms with E-state index in [0.29, 0.717) is 0 Å². The van der Waals surface area contributed by atoms with Crippen LogP contribution in [0.4, 0.5) is 0 Å². The zero-order valence-corrected chi connectivity index (χ0v) is 14.5. The number of aryl methyl sites for hydroxylation is 1. The third-order valence-electron chi connectivity index (χ3n) is 4.78. The molecule has 3 aromatic rings. The van der Waals surface area contributed by atoms with Gasteiger partial charge in [-0.15, -0.1) is 0 Å². The van der Waals surface area contributed by atoms with E-state index in [-0.39, 0.29) is 0 Å². The molecule has 0 saturated carbocycles. The predicted molar refractivity (Wildman–Crippen MR) is 96.0 cm³/mol. The summed E-state index contributed by atoms with van der Waals surface area (Å²) in [6, 6.07) is 8.20. The average Bonchev–Trinajstić information content (AvgIpc) is 3.02. The van der Waals surface area contributed by atoms with E-state index in [4.69, 9.17) is 4.42 Å². The van der Waals surface area contributed by atoms with Crippen molar-refractivity contribution in [2.75, 3.05) is 13.1 Å². The van der Waals surface area contributed by atoms with Gasteiger partial charge in [-0.3, -0.25) is 9.88 Å². The smallest absolute Gasteiger partial charge is 0.118 e. The summed E-state index contributed by atoms with van der Waals surface area (Å²) in [4.78, 5) is 15.6. The van der Waals surface area contributed by atoms with E-state index < -0.39 is 0 Å². The van der Waals surface area contributed by atoms with Crippen LogP contribution in [0.2, 0.25) is 0 Å². The lowest BCUT2D eigenvalue weighted by Gasteiger charge is -2.18. The largest absolute Gasteiger partial charge is 0.465 e. The Hall–Kier alpha value is -2.53. The highest BCUT2D eigenvalue weighted by molar-refractivity contribution is 5.63. The van der Waals surface area contributed by atoms with E-state index in [0.717, 1.165) is 67.4 Å².